The molecule has 8 heteroatoms. The summed E-state index contributed by atoms with van der Waals surface area (Å²) in [6.07, 6.45) is -3.26. The normalized spacial score (nSPS) is 11.9. The lowest BCUT2D eigenvalue weighted by atomic mass is 10.1. The van der Waals surface area contributed by atoms with Crippen LogP contribution in [0, 0.1) is 0 Å². The molecule has 0 fully saturated rings. The Bertz CT molecular complexity index is 820. The number of nitrogens with two attached hydrogens (primary N) is 1. The third kappa shape index (κ3) is 5.53. The van der Waals surface area contributed by atoms with Crippen LogP contribution in [0.5, 0.6) is 0 Å². The number of benzene rings is 2. The number of rotatable bonds is 4. The SMILES string of the molecule is CCc1cccc(N(C)C(N)=Nc2cc(C(F)(F)F)cc(CC)c2Cl)c1.Cl. The van der Waals surface area contributed by atoms with E-state index < -0.39 is 11.7 Å². The lowest BCUT2D eigenvalue weighted by molar-refractivity contribution is -0.137. The number of alkyl halides is 3. The minimum atomic E-state index is -4.48. The maximum absolute atomic E-state index is 13.1. The molecule has 0 amide bonds. The Morgan fingerprint density at radius 1 is 1.15 bits per heavy atom. The Hall–Kier alpha value is -1.92. The van der Waals surface area contributed by atoms with Gasteiger partial charge >= 0.3 is 6.18 Å². The van der Waals surface area contributed by atoms with Crippen molar-refractivity contribution >= 4 is 41.3 Å². The third-order valence-electron chi connectivity index (χ3n) is 4.12. The molecule has 0 aliphatic rings. The molecule has 0 atom stereocenters. The number of hydrogen-bond acceptors (Lipinski definition) is 1. The molecule has 2 aromatic rings. The van der Waals surface area contributed by atoms with E-state index in [1.54, 1.807) is 18.9 Å². The first kappa shape index (κ1) is 23.1. The highest BCUT2D eigenvalue weighted by Gasteiger charge is 2.32. The van der Waals surface area contributed by atoms with Gasteiger partial charge in [-0.3, -0.25) is 0 Å². The fraction of sp³-hybridized carbons (Fsp3) is 0.316. The van der Waals surface area contributed by atoms with Gasteiger partial charge in [0.25, 0.3) is 0 Å². The number of hydrogen-bond donors (Lipinski definition) is 1. The van der Waals surface area contributed by atoms with Crippen LogP contribution in [0.4, 0.5) is 24.5 Å². The zero-order valence-electron chi connectivity index (χ0n) is 15.3. The number of aliphatic imine (C=N–C) groups is 1. The molecule has 0 heterocycles. The molecule has 0 radical (unpaired) electrons. The van der Waals surface area contributed by atoms with E-state index >= 15 is 0 Å². The second-order valence-corrected chi connectivity index (χ2v) is 6.25. The second-order valence-electron chi connectivity index (χ2n) is 5.87. The highest BCUT2D eigenvalue weighted by atomic mass is 35.5. The van der Waals surface area contributed by atoms with Crippen LogP contribution in [0.3, 0.4) is 0 Å². The van der Waals surface area contributed by atoms with Crippen molar-refractivity contribution in [2.75, 3.05) is 11.9 Å². The van der Waals surface area contributed by atoms with Crippen LogP contribution in [0.1, 0.15) is 30.5 Å². The van der Waals surface area contributed by atoms with Gasteiger partial charge in [-0.25, -0.2) is 4.99 Å². The number of halogens is 5. The average Bonchev–Trinajstić information content (AvgIpc) is 2.61. The standard InChI is InChI=1S/C19H21ClF3N3.ClH/c1-4-12-7-6-8-15(9-12)26(3)18(24)25-16-11-14(19(21,22)23)10-13(5-2)17(16)20;/h6-11H,4-5H2,1-3H3,(H2,24,25);1H. The van der Waals surface area contributed by atoms with Crippen LogP contribution < -0.4 is 10.6 Å². The lowest BCUT2D eigenvalue weighted by Gasteiger charge is -2.19. The molecule has 0 spiro atoms. The van der Waals surface area contributed by atoms with Crippen molar-refractivity contribution in [1.82, 2.24) is 0 Å². The Balaban J connectivity index is 0.00000364. The van der Waals surface area contributed by atoms with Crippen molar-refractivity contribution in [2.45, 2.75) is 32.9 Å². The van der Waals surface area contributed by atoms with E-state index in [-0.39, 0.29) is 29.1 Å². The highest BCUT2D eigenvalue weighted by molar-refractivity contribution is 6.34. The summed E-state index contributed by atoms with van der Waals surface area (Å²) in [6, 6.07) is 9.66. The van der Waals surface area contributed by atoms with E-state index in [0.717, 1.165) is 29.8 Å². The minimum absolute atomic E-state index is 0. The predicted molar refractivity (Wildman–Crippen MR) is 109 cm³/mol. The van der Waals surface area contributed by atoms with Crippen LogP contribution in [-0.2, 0) is 19.0 Å². The van der Waals surface area contributed by atoms with Crippen LogP contribution >= 0.6 is 24.0 Å². The first-order valence-corrected chi connectivity index (χ1v) is 8.61. The van der Waals surface area contributed by atoms with Crippen LogP contribution in [0.2, 0.25) is 5.02 Å². The number of aryl methyl sites for hydroxylation is 2. The Labute approximate surface area is 168 Å². The average molecular weight is 420 g/mol. The van der Waals surface area contributed by atoms with E-state index in [1.807, 2.05) is 31.2 Å². The fourth-order valence-electron chi connectivity index (χ4n) is 2.49. The molecule has 0 aliphatic carbocycles. The van der Waals surface area contributed by atoms with Crippen LogP contribution in [0.25, 0.3) is 0 Å². The van der Waals surface area contributed by atoms with Gasteiger partial charge in [0.2, 0.25) is 5.96 Å². The van der Waals surface area contributed by atoms with Gasteiger partial charge in [0.05, 0.1) is 16.3 Å². The molecular formula is C19H22Cl2F3N3. The molecule has 0 aliphatic heterocycles. The summed E-state index contributed by atoms with van der Waals surface area (Å²) in [4.78, 5) is 5.77. The second kappa shape index (κ2) is 9.33. The van der Waals surface area contributed by atoms with Crippen molar-refractivity contribution in [1.29, 1.82) is 0 Å². The van der Waals surface area contributed by atoms with Gasteiger partial charge in [0.1, 0.15) is 0 Å². The zero-order valence-corrected chi connectivity index (χ0v) is 16.8. The topological polar surface area (TPSA) is 41.6 Å². The van der Waals surface area contributed by atoms with Gasteiger partial charge in [-0.1, -0.05) is 37.6 Å². The smallest absolute Gasteiger partial charge is 0.369 e. The molecule has 148 valence electrons. The van der Waals surface area contributed by atoms with Gasteiger partial charge in [0.15, 0.2) is 0 Å². The summed E-state index contributed by atoms with van der Waals surface area (Å²) < 4.78 is 39.4. The minimum Gasteiger partial charge on any atom is -0.369 e. The van der Waals surface area contributed by atoms with E-state index in [4.69, 9.17) is 17.3 Å². The predicted octanol–water partition coefficient (Wildman–Crippen LogP) is 5.99. The maximum Gasteiger partial charge on any atom is 0.416 e. The molecule has 2 aromatic carbocycles. The summed E-state index contributed by atoms with van der Waals surface area (Å²) in [7, 11) is 1.70. The zero-order chi connectivity index (χ0) is 19.5. The molecule has 0 bridgehead atoms. The molecule has 0 saturated carbocycles. The lowest BCUT2D eigenvalue weighted by Crippen LogP contribution is -2.33. The van der Waals surface area contributed by atoms with Gasteiger partial charge in [-0.05, 0) is 48.2 Å². The highest BCUT2D eigenvalue weighted by Crippen LogP contribution is 2.38. The largest absolute Gasteiger partial charge is 0.416 e. The molecule has 2 N–H and O–H groups in total. The van der Waals surface area contributed by atoms with E-state index in [1.165, 1.54) is 0 Å². The van der Waals surface area contributed by atoms with Crippen molar-refractivity contribution in [2.24, 2.45) is 10.7 Å². The molecular weight excluding hydrogens is 398 g/mol. The Morgan fingerprint density at radius 2 is 1.81 bits per heavy atom. The van der Waals surface area contributed by atoms with E-state index in [2.05, 4.69) is 4.99 Å². The Morgan fingerprint density at radius 3 is 2.37 bits per heavy atom. The third-order valence-corrected chi connectivity index (χ3v) is 4.56. The van der Waals surface area contributed by atoms with Gasteiger partial charge in [-0.2, -0.15) is 13.2 Å². The summed E-state index contributed by atoms with van der Waals surface area (Å²) >= 11 is 6.22. The monoisotopic (exact) mass is 419 g/mol. The molecule has 3 nitrogen and oxygen atoms in total. The first-order chi connectivity index (χ1) is 12.2. The summed E-state index contributed by atoms with van der Waals surface area (Å²) in [5.41, 5.74) is 7.54. The summed E-state index contributed by atoms with van der Waals surface area (Å²) in [5, 5.41) is 0.180. The molecule has 0 saturated heterocycles. The summed E-state index contributed by atoms with van der Waals surface area (Å²) in [6.45, 7) is 3.77. The van der Waals surface area contributed by atoms with Gasteiger partial charge < -0.3 is 10.6 Å². The Kier molecular flexibility index (Phi) is 7.99. The number of guanidine groups is 1. The van der Waals surface area contributed by atoms with Crippen molar-refractivity contribution in [3.63, 3.8) is 0 Å². The summed E-state index contributed by atoms with van der Waals surface area (Å²) in [5.74, 6) is 0.0570. The van der Waals surface area contributed by atoms with Crippen LogP contribution in [-0.4, -0.2) is 13.0 Å². The van der Waals surface area contributed by atoms with Crippen molar-refractivity contribution in [3.8, 4) is 0 Å². The quantitative estimate of drug-likeness (QED) is 0.488. The molecule has 2 rings (SSSR count). The van der Waals surface area contributed by atoms with Crippen molar-refractivity contribution in [3.05, 3.63) is 58.1 Å². The van der Waals surface area contributed by atoms with Crippen molar-refractivity contribution < 1.29 is 13.2 Å². The van der Waals surface area contributed by atoms with E-state index in [0.29, 0.717) is 12.0 Å². The fourth-order valence-corrected chi connectivity index (χ4v) is 2.77. The first-order valence-electron chi connectivity index (χ1n) is 8.23. The number of nitrogens with zero attached hydrogens (tertiary/aromatic N) is 2. The molecule has 0 unspecified atom stereocenters. The molecule has 27 heavy (non-hydrogen) atoms. The van der Waals surface area contributed by atoms with Gasteiger partial charge in [-0.15, -0.1) is 12.4 Å². The molecule has 0 aromatic heterocycles. The maximum atomic E-state index is 13.1. The van der Waals surface area contributed by atoms with E-state index in [9.17, 15) is 13.2 Å². The van der Waals surface area contributed by atoms with Crippen LogP contribution in [0.15, 0.2) is 41.4 Å². The van der Waals surface area contributed by atoms with Gasteiger partial charge in [0, 0.05) is 12.7 Å². The number of anilines is 1.